The number of nitrogens with zero attached hydrogens (tertiary/aromatic N) is 1. The van der Waals surface area contributed by atoms with Crippen LogP contribution in [0.1, 0.15) is 10.4 Å². The van der Waals surface area contributed by atoms with Gasteiger partial charge in [-0.25, -0.2) is 9.37 Å². The SMILES string of the molecule is O=C(Nc1cnc(Cl)c(Br)c1)c1ccc(F)cc1. The highest BCUT2D eigenvalue weighted by Crippen LogP contribution is 2.23. The number of nitrogens with one attached hydrogen (secondary N) is 1. The lowest BCUT2D eigenvalue weighted by atomic mass is 10.2. The molecule has 0 bridgehead atoms. The van der Waals surface area contributed by atoms with Crippen LogP contribution in [0.2, 0.25) is 5.15 Å². The molecule has 0 unspecified atom stereocenters. The van der Waals surface area contributed by atoms with Crippen LogP contribution in [0.4, 0.5) is 10.1 Å². The Balaban J connectivity index is 2.16. The van der Waals surface area contributed by atoms with Crippen LogP contribution in [0.15, 0.2) is 41.0 Å². The molecule has 0 aliphatic rings. The lowest BCUT2D eigenvalue weighted by Gasteiger charge is -2.05. The average molecular weight is 330 g/mol. The van der Waals surface area contributed by atoms with E-state index in [1.807, 2.05) is 0 Å². The van der Waals surface area contributed by atoms with Gasteiger partial charge in [-0.05, 0) is 46.3 Å². The molecule has 1 N–H and O–H groups in total. The van der Waals surface area contributed by atoms with Gasteiger partial charge in [0, 0.05) is 5.56 Å². The van der Waals surface area contributed by atoms with Crippen molar-refractivity contribution in [2.75, 3.05) is 5.32 Å². The van der Waals surface area contributed by atoms with Crippen molar-refractivity contribution in [1.82, 2.24) is 4.98 Å². The maximum atomic E-state index is 12.7. The Hall–Kier alpha value is -1.46. The van der Waals surface area contributed by atoms with E-state index < -0.39 is 0 Å². The zero-order valence-electron chi connectivity index (χ0n) is 8.95. The third-order valence-electron chi connectivity index (χ3n) is 2.16. The molecule has 1 amide bonds. The molecule has 92 valence electrons. The van der Waals surface area contributed by atoms with Gasteiger partial charge in [-0.3, -0.25) is 4.79 Å². The van der Waals surface area contributed by atoms with Crippen LogP contribution in [0.25, 0.3) is 0 Å². The van der Waals surface area contributed by atoms with Crippen molar-refractivity contribution in [1.29, 1.82) is 0 Å². The van der Waals surface area contributed by atoms with E-state index in [1.165, 1.54) is 30.5 Å². The summed E-state index contributed by atoms with van der Waals surface area (Å²) in [7, 11) is 0. The molecule has 2 rings (SSSR count). The number of carbonyl (C=O) groups excluding carboxylic acids is 1. The molecular weight excluding hydrogens is 323 g/mol. The van der Waals surface area contributed by atoms with E-state index in [1.54, 1.807) is 6.07 Å². The molecule has 0 aliphatic heterocycles. The lowest BCUT2D eigenvalue weighted by Crippen LogP contribution is -2.12. The molecule has 3 nitrogen and oxygen atoms in total. The first kappa shape index (κ1) is 13.0. The number of anilines is 1. The van der Waals surface area contributed by atoms with Crippen LogP contribution < -0.4 is 5.32 Å². The quantitative estimate of drug-likeness (QED) is 0.849. The minimum atomic E-state index is -0.387. The molecule has 0 aliphatic carbocycles. The Labute approximate surface area is 116 Å². The van der Waals surface area contributed by atoms with Crippen molar-refractivity contribution < 1.29 is 9.18 Å². The Bertz CT molecular complexity index is 589. The molecule has 0 fully saturated rings. The van der Waals surface area contributed by atoms with E-state index in [-0.39, 0.29) is 11.7 Å². The van der Waals surface area contributed by atoms with E-state index in [4.69, 9.17) is 11.6 Å². The number of aromatic nitrogens is 1. The predicted octanol–water partition coefficient (Wildman–Crippen LogP) is 3.89. The van der Waals surface area contributed by atoms with Gasteiger partial charge in [0.2, 0.25) is 0 Å². The zero-order chi connectivity index (χ0) is 13.1. The van der Waals surface area contributed by atoms with E-state index >= 15 is 0 Å². The van der Waals surface area contributed by atoms with Gasteiger partial charge in [-0.2, -0.15) is 0 Å². The van der Waals surface area contributed by atoms with Gasteiger partial charge in [0.05, 0.1) is 16.4 Å². The summed E-state index contributed by atoms with van der Waals surface area (Å²) >= 11 is 8.95. The fourth-order valence-electron chi connectivity index (χ4n) is 1.29. The van der Waals surface area contributed by atoms with Crippen molar-refractivity contribution in [3.05, 3.63) is 57.5 Å². The van der Waals surface area contributed by atoms with Crippen LogP contribution in [0.5, 0.6) is 0 Å². The third kappa shape index (κ3) is 3.05. The first-order valence-corrected chi connectivity index (χ1v) is 6.11. The van der Waals surface area contributed by atoms with Crippen molar-refractivity contribution in [3.8, 4) is 0 Å². The normalized spacial score (nSPS) is 10.2. The molecule has 0 atom stereocenters. The number of benzene rings is 1. The highest BCUT2D eigenvalue weighted by atomic mass is 79.9. The molecule has 1 heterocycles. The molecule has 6 heteroatoms. The Morgan fingerprint density at radius 2 is 2.00 bits per heavy atom. The molecule has 0 radical (unpaired) electrons. The van der Waals surface area contributed by atoms with E-state index in [0.29, 0.717) is 20.9 Å². The monoisotopic (exact) mass is 328 g/mol. The average Bonchev–Trinajstić information content (AvgIpc) is 2.34. The van der Waals surface area contributed by atoms with Gasteiger partial charge in [0.15, 0.2) is 0 Å². The van der Waals surface area contributed by atoms with Gasteiger partial charge >= 0.3 is 0 Å². The lowest BCUT2D eigenvalue weighted by molar-refractivity contribution is 0.102. The summed E-state index contributed by atoms with van der Waals surface area (Å²) in [4.78, 5) is 15.7. The van der Waals surface area contributed by atoms with Gasteiger partial charge < -0.3 is 5.32 Å². The van der Waals surface area contributed by atoms with Crippen LogP contribution >= 0.6 is 27.5 Å². The second-order valence-electron chi connectivity index (χ2n) is 3.46. The molecule has 18 heavy (non-hydrogen) atoms. The predicted molar refractivity (Wildman–Crippen MR) is 71.3 cm³/mol. The summed E-state index contributed by atoms with van der Waals surface area (Å²) in [5.41, 5.74) is 0.864. The molecular formula is C12H7BrClFN2O. The summed E-state index contributed by atoms with van der Waals surface area (Å²) in [5.74, 6) is -0.728. The number of hydrogen-bond donors (Lipinski definition) is 1. The van der Waals surface area contributed by atoms with Crippen LogP contribution in [0, 0.1) is 5.82 Å². The van der Waals surface area contributed by atoms with Crippen LogP contribution in [0.3, 0.4) is 0 Å². The van der Waals surface area contributed by atoms with Gasteiger partial charge in [-0.1, -0.05) is 11.6 Å². The maximum Gasteiger partial charge on any atom is 0.255 e. The first-order valence-electron chi connectivity index (χ1n) is 4.94. The molecule has 2 aromatic rings. The zero-order valence-corrected chi connectivity index (χ0v) is 11.3. The Morgan fingerprint density at radius 1 is 1.33 bits per heavy atom. The number of pyridine rings is 1. The molecule has 0 spiro atoms. The molecule has 1 aromatic heterocycles. The summed E-state index contributed by atoms with van der Waals surface area (Å²) in [5, 5.41) is 2.95. The van der Waals surface area contributed by atoms with Crippen molar-refractivity contribution >= 4 is 39.1 Å². The summed E-state index contributed by atoms with van der Waals surface area (Å²) < 4.78 is 13.3. The van der Waals surface area contributed by atoms with Crippen molar-refractivity contribution in [2.45, 2.75) is 0 Å². The number of amides is 1. The number of hydrogen-bond acceptors (Lipinski definition) is 2. The summed E-state index contributed by atoms with van der Waals surface area (Å²) in [6.07, 6.45) is 1.44. The molecule has 1 aromatic carbocycles. The minimum absolute atomic E-state index is 0.315. The highest BCUT2D eigenvalue weighted by molar-refractivity contribution is 9.10. The standard InChI is InChI=1S/C12H7BrClFN2O/c13-10-5-9(6-16-11(10)14)17-12(18)7-1-3-8(15)4-2-7/h1-6H,(H,17,18). The molecule has 0 saturated carbocycles. The largest absolute Gasteiger partial charge is 0.321 e. The Morgan fingerprint density at radius 3 is 2.61 bits per heavy atom. The van der Waals surface area contributed by atoms with Gasteiger partial charge in [-0.15, -0.1) is 0 Å². The minimum Gasteiger partial charge on any atom is -0.321 e. The van der Waals surface area contributed by atoms with E-state index in [2.05, 4.69) is 26.2 Å². The number of carbonyl (C=O) groups is 1. The number of rotatable bonds is 2. The molecule has 0 saturated heterocycles. The summed E-state index contributed by atoms with van der Waals surface area (Å²) in [6, 6.07) is 6.90. The maximum absolute atomic E-state index is 12.7. The van der Waals surface area contributed by atoms with Crippen molar-refractivity contribution in [3.63, 3.8) is 0 Å². The second-order valence-corrected chi connectivity index (χ2v) is 4.67. The second kappa shape index (κ2) is 5.46. The van der Waals surface area contributed by atoms with Gasteiger partial charge in [0.25, 0.3) is 5.91 Å². The summed E-state index contributed by atoms with van der Waals surface area (Å²) in [6.45, 7) is 0. The fraction of sp³-hybridized carbons (Fsp3) is 0. The number of halogens is 3. The Kier molecular flexibility index (Phi) is 3.93. The van der Waals surface area contributed by atoms with Gasteiger partial charge in [0.1, 0.15) is 11.0 Å². The smallest absolute Gasteiger partial charge is 0.255 e. The van der Waals surface area contributed by atoms with Crippen LogP contribution in [-0.4, -0.2) is 10.9 Å². The highest BCUT2D eigenvalue weighted by Gasteiger charge is 2.07. The third-order valence-corrected chi connectivity index (χ3v) is 3.29. The topological polar surface area (TPSA) is 42.0 Å². The van der Waals surface area contributed by atoms with Crippen molar-refractivity contribution in [2.24, 2.45) is 0 Å². The van der Waals surface area contributed by atoms with E-state index in [9.17, 15) is 9.18 Å². The fourth-order valence-corrected chi connectivity index (χ4v) is 1.75. The van der Waals surface area contributed by atoms with Crippen LogP contribution in [-0.2, 0) is 0 Å². The first-order chi connectivity index (χ1) is 8.56. The van der Waals surface area contributed by atoms with E-state index in [0.717, 1.165) is 0 Å².